The van der Waals surface area contributed by atoms with Gasteiger partial charge < -0.3 is 5.32 Å². The van der Waals surface area contributed by atoms with Crippen LogP contribution in [0.3, 0.4) is 0 Å². The molecule has 0 bridgehead atoms. The predicted octanol–water partition coefficient (Wildman–Crippen LogP) is 2.31. The fourth-order valence-electron chi connectivity index (χ4n) is 2.53. The summed E-state index contributed by atoms with van der Waals surface area (Å²) in [5, 5.41) is 6.31. The van der Waals surface area contributed by atoms with E-state index < -0.39 is 11.9 Å². The van der Waals surface area contributed by atoms with Crippen LogP contribution in [0.25, 0.3) is 0 Å². The molecule has 0 spiro atoms. The molecule has 1 N–H and O–H groups in total. The molecule has 0 fully saturated rings. The molecule has 1 aliphatic carbocycles. The van der Waals surface area contributed by atoms with E-state index >= 15 is 0 Å². The van der Waals surface area contributed by atoms with E-state index in [-0.39, 0.29) is 24.1 Å². The van der Waals surface area contributed by atoms with Crippen molar-refractivity contribution in [2.45, 2.75) is 58.3 Å². The van der Waals surface area contributed by atoms with Gasteiger partial charge in [-0.05, 0) is 39.5 Å². The molecule has 1 aliphatic rings. The lowest BCUT2D eigenvalue weighted by molar-refractivity contribution is -0.142. The standard InChI is InChI=1S/C13H18F3N3O/c1-8(2)17-11(20)7-19-10-6-4-3-5-9(10)12(18-19)13(14,15)16/h8H,3-7H2,1-2H3,(H,17,20). The first-order valence-electron chi connectivity index (χ1n) is 6.74. The number of alkyl halides is 3. The van der Waals surface area contributed by atoms with Crippen molar-refractivity contribution < 1.29 is 18.0 Å². The van der Waals surface area contributed by atoms with E-state index in [1.54, 1.807) is 13.8 Å². The summed E-state index contributed by atoms with van der Waals surface area (Å²) in [5.41, 5.74) is -0.00637. The molecule has 4 nitrogen and oxygen atoms in total. The molecular formula is C13H18F3N3O. The largest absolute Gasteiger partial charge is 0.435 e. The molecule has 2 rings (SSSR count). The van der Waals surface area contributed by atoms with Gasteiger partial charge in [0.25, 0.3) is 0 Å². The van der Waals surface area contributed by atoms with Crippen molar-refractivity contribution in [2.75, 3.05) is 0 Å². The van der Waals surface area contributed by atoms with Crippen LogP contribution in [-0.2, 0) is 30.4 Å². The average molecular weight is 289 g/mol. The number of aromatic nitrogens is 2. The first kappa shape index (κ1) is 14.9. The van der Waals surface area contributed by atoms with E-state index in [9.17, 15) is 18.0 Å². The van der Waals surface area contributed by atoms with E-state index in [0.29, 0.717) is 18.5 Å². The predicted molar refractivity (Wildman–Crippen MR) is 67.1 cm³/mol. The maximum Gasteiger partial charge on any atom is 0.435 e. The first-order chi connectivity index (χ1) is 9.29. The third-order valence-electron chi connectivity index (χ3n) is 3.27. The highest BCUT2D eigenvalue weighted by Gasteiger charge is 2.39. The zero-order valence-corrected chi connectivity index (χ0v) is 11.5. The lowest BCUT2D eigenvalue weighted by Gasteiger charge is -2.15. The number of rotatable bonds is 3. The third-order valence-corrected chi connectivity index (χ3v) is 3.27. The molecule has 0 saturated carbocycles. The summed E-state index contributed by atoms with van der Waals surface area (Å²) in [6, 6.07) is -0.0454. The molecule has 0 radical (unpaired) electrons. The van der Waals surface area contributed by atoms with Gasteiger partial charge in [0.2, 0.25) is 5.91 Å². The fraction of sp³-hybridized carbons (Fsp3) is 0.692. The molecule has 1 heterocycles. The van der Waals surface area contributed by atoms with E-state index in [2.05, 4.69) is 10.4 Å². The zero-order valence-electron chi connectivity index (χ0n) is 11.5. The van der Waals surface area contributed by atoms with Crippen molar-refractivity contribution >= 4 is 5.91 Å². The van der Waals surface area contributed by atoms with Crippen LogP contribution in [-0.4, -0.2) is 21.7 Å². The van der Waals surface area contributed by atoms with Gasteiger partial charge >= 0.3 is 6.18 Å². The summed E-state index contributed by atoms with van der Waals surface area (Å²) in [4.78, 5) is 11.7. The highest BCUT2D eigenvalue weighted by molar-refractivity contribution is 5.76. The number of hydrogen-bond donors (Lipinski definition) is 1. The molecular weight excluding hydrogens is 271 g/mol. The number of carbonyl (C=O) groups excluding carboxylic acids is 1. The highest BCUT2D eigenvalue weighted by atomic mass is 19.4. The monoisotopic (exact) mass is 289 g/mol. The maximum absolute atomic E-state index is 13.0. The van der Waals surface area contributed by atoms with E-state index in [1.165, 1.54) is 4.68 Å². The van der Waals surface area contributed by atoms with Crippen LogP contribution in [0.1, 0.15) is 43.6 Å². The first-order valence-corrected chi connectivity index (χ1v) is 6.74. The number of fused-ring (bicyclic) bond motifs is 1. The summed E-state index contributed by atoms with van der Waals surface area (Å²) in [6.45, 7) is 3.45. The van der Waals surface area contributed by atoms with Gasteiger partial charge in [0.1, 0.15) is 6.54 Å². The summed E-state index contributed by atoms with van der Waals surface area (Å²) in [6.07, 6.45) is -1.95. The van der Waals surface area contributed by atoms with Crippen LogP contribution >= 0.6 is 0 Å². The third kappa shape index (κ3) is 3.13. The zero-order chi connectivity index (χ0) is 14.9. The molecule has 0 aromatic carbocycles. The minimum Gasteiger partial charge on any atom is -0.352 e. The molecule has 1 aromatic heterocycles. The van der Waals surface area contributed by atoms with E-state index in [4.69, 9.17) is 0 Å². The van der Waals surface area contributed by atoms with Crippen LogP contribution in [0.4, 0.5) is 13.2 Å². The van der Waals surface area contributed by atoms with Crippen LogP contribution < -0.4 is 5.32 Å². The number of halogens is 3. The van der Waals surface area contributed by atoms with Crippen molar-refractivity contribution in [3.8, 4) is 0 Å². The number of carbonyl (C=O) groups is 1. The summed E-state index contributed by atoms with van der Waals surface area (Å²) < 4.78 is 40.1. The number of nitrogens with one attached hydrogen (secondary N) is 1. The Hall–Kier alpha value is -1.53. The summed E-state index contributed by atoms with van der Waals surface area (Å²) >= 11 is 0. The minimum absolute atomic E-state index is 0.0454. The molecule has 20 heavy (non-hydrogen) atoms. The van der Waals surface area contributed by atoms with Crippen molar-refractivity contribution in [1.82, 2.24) is 15.1 Å². The van der Waals surface area contributed by atoms with Crippen molar-refractivity contribution in [3.05, 3.63) is 17.0 Å². The van der Waals surface area contributed by atoms with Gasteiger partial charge in [-0.3, -0.25) is 9.48 Å². The molecule has 112 valence electrons. The minimum atomic E-state index is -4.46. The Balaban J connectivity index is 2.29. The highest BCUT2D eigenvalue weighted by Crippen LogP contribution is 2.35. The van der Waals surface area contributed by atoms with Gasteiger partial charge in [-0.2, -0.15) is 18.3 Å². The Kier molecular flexibility index (Phi) is 4.06. The quantitative estimate of drug-likeness (QED) is 0.928. The van der Waals surface area contributed by atoms with Crippen molar-refractivity contribution in [2.24, 2.45) is 0 Å². The Bertz CT molecular complexity index is 506. The van der Waals surface area contributed by atoms with Gasteiger partial charge in [0, 0.05) is 17.3 Å². The van der Waals surface area contributed by atoms with Crippen molar-refractivity contribution in [3.63, 3.8) is 0 Å². The van der Waals surface area contributed by atoms with Gasteiger partial charge in [0.05, 0.1) is 0 Å². The molecule has 7 heteroatoms. The summed E-state index contributed by atoms with van der Waals surface area (Å²) in [7, 11) is 0. The Morgan fingerprint density at radius 1 is 1.35 bits per heavy atom. The number of hydrogen-bond acceptors (Lipinski definition) is 2. The molecule has 0 saturated heterocycles. The number of nitrogens with zero attached hydrogens (tertiary/aromatic N) is 2. The van der Waals surface area contributed by atoms with Crippen LogP contribution in [0.5, 0.6) is 0 Å². The average Bonchev–Trinajstić information content (AvgIpc) is 2.67. The molecule has 1 amide bonds. The lowest BCUT2D eigenvalue weighted by Crippen LogP contribution is -2.34. The molecule has 0 atom stereocenters. The topological polar surface area (TPSA) is 46.9 Å². The molecule has 0 aliphatic heterocycles. The second-order valence-electron chi connectivity index (χ2n) is 5.36. The SMILES string of the molecule is CC(C)NC(=O)Cn1nc(C(F)(F)F)c2c1CCCC2. The Morgan fingerprint density at radius 3 is 2.60 bits per heavy atom. The molecule has 1 aromatic rings. The van der Waals surface area contributed by atoms with Crippen LogP contribution in [0.15, 0.2) is 0 Å². The lowest BCUT2D eigenvalue weighted by atomic mass is 9.95. The second-order valence-corrected chi connectivity index (χ2v) is 5.36. The fourth-order valence-corrected chi connectivity index (χ4v) is 2.53. The van der Waals surface area contributed by atoms with E-state index in [1.807, 2.05) is 0 Å². The summed E-state index contributed by atoms with van der Waals surface area (Å²) in [5.74, 6) is -0.315. The van der Waals surface area contributed by atoms with Gasteiger partial charge in [-0.25, -0.2) is 0 Å². The van der Waals surface area contributed by atoms with Crippen LogP contribution in [0.2, 0.25) is 0 Å². The smallest absolute Gasteiger partial charge is 0.352 e. The molecule has 0 unspecified atom stereocenters. The van der Waals surface area contributed by atoms with Crippen LogP contribution in [0, 0.1) is 0 Å². The van der Waals surface area contributed by atoms with Gasteiger partial charge in [-0.1, -0.05) is 0 Å². The van der Waals surface area contributed by atoms with Gasteiger partial charge in [-0.15, -0.1) is 0 Å². The number of amides is 1. The van der Waals surface area contributed by atoms with E-state index in [0.717, 1.165) is 12.8 Å². The Morgan fingerprint density at radius 2 is 2.00 bits per heavy atom. The normalized spacial score (nSPS) is 15.3. The van der Waals surface area contributed by atoms with Gasteiger partial charge in [0.15, 0.2) is 5.69 Å². The second kappa shape index (κ2) is 5.46. The van der Waals surface area contributed by atoms with Crippen molar-refractivity contribution in [1.29, 1.82) is 0 Å². The Labute approximate surface area is 115 Å². The maximum atomic E-state index is 13.0.